The van der Waals surface area contributed by atoms with Crippen LogP contribution in [0, 0.1) is 0 Å². The van der Waals surface area contributed by atoms with Crippen molar-refractivity contribution in [1.82, 2.24) is 0 Å². The highest BCUT2D eigenvalue weighted by Crippen LogP contribution is 2.32. The van der Waals surface area contributed by atoms with Crippen LogP contribution in [0.1, 0.15) is 44.9 Å². The standard InChI is InChI=1S/C14H18O/c15-10-9-12-5-4-8-14(11-12)13-6-2-1-3-7-13/h6,9-11H,1-5,7-8H2/b12-9+. The van der Waals surface area contributed by atoms with Gasteiger partial charge in [0.25, 0.3) is 0 Å². The van der Waals surface area contributed by atoms with Crippen LogP contribution < -0.4 is 0 Å². The van der Waals surface area contributed by atoms with Gasteiger partial charge in [-0.1, -0.05) is 12.2 Å². The highest BCUT2D eigenvalue weighted by Gasteiger charge is 2.12. The van der Waals surface area contributed by atoms with Crippen LogP contribution in [0.25, 0.3) is 0 Å². The maximum absolute atomic E-state index is 10.4. The van der Waals surface area contributed by atoms with Gasteiger partial charge in [0.2, 0.25) is 0 Å². The van der Waals surface area contributed by atoms with Crippen LogP contribution in [0.3, 0.4) is 0 Å². The van der Waals surface area contributed by atoms with Gasteiger partial charge in [0.15, 0.2) is 0 Å². The van der Waals surface area contributed by atoms with E-state index in [-0.39, 0.29) is 0 Å². The Balaban J connectivity index is 2.17. The van der Waals surface area contributed by atoms with Gasteiger partial charge in [-0.05, 0) is 67.7 Å². The summed E-state index contributed by atoms with van der Waals surface area (Å²) in [6, 6.07) is 0. The van der Waals surface area contributed by atoms with Gasteiger partial charge in [-0.25, -0.2) is 0 Å². The summed E-state index contributed by atoms with van der Waals surface area (Å²) in [5.41, 5.74) is 4.23. The van der Waals surface area contributed by atoms with Crippen LogP contribution >= 0.6 is 0 Å². The van der Waals surface area contributed by atoms with Crippen molar-refractivity contribution in [3.63, 3.8) is 0 Å². The van der Waals surface area contributed by atoms with E-state index in [0.29, 0.717) is 0 Å². The minimum absolute atomic E-state index is 0.907. The Morgan fingerprint density at radius 1 is 1.00 bits per heavy atom. The molecule has 0 aliphatic heterocycles. The molecule has 1 nitrogen and oxygen atoms in total. The fourth-order valence-electron chi connectivity index (χ4n) is 2.45. The summed E-state index contributed by atoms with van der Waals surface area (Å²) < 4.78 is 0. The minimum atomic E-state index is 0.907. The molecule has 0 aromatic heterocycles. The summed E-state index contributed by atoms with van der Waals surface area (Å²) in [6.07, 6.45) is 15.8. The maximum Gasteiger partial charge on any atom is 0.143 e. The van der Waals surface area contributed by atoms with Gasteiger partial charge in [-0.3, -0.25) is 4.79 Å². The Morgan fingerprint density at radius 3 is 2.60 bits per heavy atom. The molecule has 2 aliphatic rings. The average molecular weight is 202 g/mol. The molecular weight excluding hydrogens is 184 g/mol. The first-order chi connectivity index (χ1) is 7.40. The quantitative estimate of drug-likeness (QED) is 0.492. The molecule has 0 unspecified atom stereocenters. The molecule has 0 saturated heterocycles. The maximum atomic E-state index is 10.4. The van der Waals surface area contributed by atoms with Gasteiger partial charge < -0.3 is 0 Å². The molecule has 0 aromatic rings. The number of carbonyl (C=O) groups excluding carboxylic acids is 1. The lowest BCUT2D eigenvalue weighted by Gasteiger charge is -2.20. The third-order valence-electron chi connectivity index (χ3n) is 3.26. The first-order valence-corrected chi connectivity index (χ1v) is 5.94. The van der Waals surface area contributed by atoms with Gasteiger partial charge in [0.1, 0.15) is 6.29 Å². The molecular formula is C14H18O. The van der Waals surface area contributed by atoms with Crippen molar-refractivity contribution in [2.24, 2.45) is 0 Å². The molecule has 2 aliphatic carbocycles. The van der Waals surface area contributed by atoms with E-state index in [1.165, 1.54) is 55.2 Å². The second-order valence-corrected chi connectivity index (χ2v) is 4.38. The van der Waals surface area contributed by atoms with Crippen molar-refractivity contribution in [3.8, 4) is 0 Å². The van der Waals surface area contributed by atoms with E-state index in [0.717, 1.165) is 12.7 Å². The molecule has 0 aromatic carbocycles. The molecule has 0 heterocycles. The smallest absolute Gasteiger partial charge is 0.143 e. The molecule has 80 valence electrons. The fourth-order valence-corrected chi connectivity index (χ4v) is 2.45. The predicted molar refractivity (Wildman–Crippen MR) is 62.6 cm³/mol. The zero-order chi connectivity index (χ0) is 10.5. The molecule has 2 rings (SSSR count). The van der Waals surface area contributed by atoms with Crippen molar-refractivity contribution in [3.05, 3.63) is 34.9 Å². The molecule has 0 fully saturated rings. The number of hydrogen-bond acceptors (Lipinski definition) is 1. The summed E-state index contributed by atoms with van der Waals surface area (Å²) in [5, 5.41) is 0. The zero-order valence-electron chi connectivity index (χ0n) is 9.17. The summed E-state index contributed by atoms with van der Waals surface area (Å²) in [4.78, 5) is 10.4. The van der Waals surface area contributed by atoms with Crippen molar-refractivity contribution in [2.45, 2.75) is 44.9 Å². The SMILES string of the molecule is O=C/C=C1/C=C(C2=CCCCC2)CCC1. The van der Waals surface area contributed by atoms with E-state index in [2.05, 4.69) is 12.2 Å². The van der Waals surface area contributed by atoms with Crippen LogP contribution in [-0.2, 0) is 4.79 Å². The van der Waals surface area contributed by atoms with E-state index in [1.54, 1.807) is 6.08 Å². The van der Waals surface area contributed by atoms with E-state index in [9.17, 15) is 4.79 Å². The molecule has 0 atom stereocenters. The van der Waals surface area contributed by atoms with Crippen LogP contribution in [0.4, 0.5) is 0 Å². The third kappa shape index (κ3) is 2.68. The van der Waals surface area contributed by atoms with Crippen molar-refractivity contribution >= 4 is 6.29 Å². The largest absolute Gasteiger partial charge is 0.299 e. The van der Waals surface area contributed by atoms with Gasteiger partial charge in [-0.2, -0.15) is 0 Å². The lowest BCUT2D eigenvalue weighted by Crippen LogP contribution is -2.01. The van der Waals surface area contributed by atoms with Crippen molar-refractivity contribution in [2.75, 3.05) is 0 Å². The second-order valence-electron chi connectivity index (χ2n) is 4.38. The summed E-state index contributed by atoms with van der Waals surface area (Å²) in [6.45, 7) is 0. The Bertz CT molecular complexity index is 331. The molecule has 0 amide bonds. The van der Waals surface area contributed by atoms with E-state index < -0.39 is 0 Å². The monoisotopic (exact) mass is 202 g/mol. The molecule has 0 N–H and O–H groups in total. The van der Waals surface area contributed by atoms with E-state index in [4.69, 9.17) is 0 Å². The summed E-state index contributed by atoms with van der Waals surface area (Å²) >= 11 is 0. The van der Waals surface area contributed by atoms with Gasteiger partial charge in [0.05, 0.1) is 0 Å². The third-order valence-corrected chi connectivity index (χ3v) is 3.26. The zero-order valence-corrected chi connectivity index (χ0v) is 9.17. The lowest BCUT2D eigenvalue weighted by atomic mass is 9.85. The van der Waals surface area contributed by atoms with E-state index >= 15 is 0 Å². The van der Waals surface area contributed by atoms with Crippen molar-refractivity contribution < 1.29 is 4.79 Å². The molecule has 15 heavy (non-hydrogen) atoms. The lowest BCUT2D eigenvalue weighted by molar-refractivity contribution is -0.104. The van der Waals surface area contributed by atoms with Gasteiger partial charge in [-0.15, -0.1) is 0 Å². The number of allylic oxidation sites excluding steroid dienone is 6. The number of carbonyl (C=O) groups is 1. The molecule has 0 spiro atoms. The van der Waals surface area contributed by atoms with Crippen LogP contribution in [0.5, 0.6) is 0 Å². The van der Waals surface area contributed by atoms with Crippen LogP contribution in [0.2, 0.25) is 0 Å². The van der Waals surface area contributed by atoms with Gasteiger partial charge in [0, 0.05) is 0 Å². The first-order valence-electron chi connectivity index (χ1n) is 5.94. The highest BCUT2D eigenvalue weighted by molar-refractivity contribution is 5.67. The molecule has 1 heteroatoms. The predicted octanol–water partition coefficient (Wildman–Crippen LogP) is 3.72. The van der Waals surface area contributed by atoms with Crippen LogP contribution in [0.15, 0.2) is 34.9 Å². The Morgan fingerprint density at radius 2 is 1.87 bits per heavy atom. The Labute approximate surface area is 91.6 Å². The Hall–Kier alpha value is -1.11. The normalized spacial score (nSPS) is 24.7. The first kappa shape index (κ1) is 10.4. The number of rotatable bonds is 2. The molecule has 0 saturated carbocycles. The minimum Gasteiger partial charge on any atom is -0.299 e. The fraction of sp³-hybridized carbons (Fsp3) is 0.500. The summed E-state index contributed by atoms with van der Waals surface area (Å²) in [7, 11) is 0. The molecule has 0 bridgehead atoms. The van der Waals surface area contributed by atoms with Gasteiger partial charge >= 0.3 is 0 Å². The number of aldehydes is 1. The van der Waals surface area contributed by atoms with Crippen molar-refractivity contribution in [1.29, 1.82) is 0 Å². The summed E-state index contributed by atoms with van der Waals surface area (Å²) in [5.74, 6) is 0. The van der Waals surface area contributed by atoms with Crippen LogP contribution in [-0.4, -0.2) is 6.29 Å². The highest BCUT2D eigenvalue weighted by atomic mass is 16.1. The molecule has 0 radical (unpaired) electrons. The van der Waals surface area contributed by atoms with E-state index in [1.807, 2.05) is 0 Å². The second kappa shape index (κ2) is 5.11. The topological polar surface area (TPSA) is 17.1 Å². The Kier molecular flexibility index (Phi) is 3.54. The number of hydrogen-bond donors (Lipinski definition) is 0. The average Bonchev–Trinajstić information content (AvgIpc) is 2.31.